The van der Waals surface area contributed by atoms with Gasteiger partial charge in [0.15, 0.2) is 0 Å². The van der Waals surface area contributed by atoms with Crippen molar-refractivity contribution in [3.05, 3.63) is 0 Å². The second-order valence-corrected chi connectivity index (χ2v) is 6.11. The zero-order chi connectivity index (χ0) is 14.6. The number of piperazine rings is 1. The molecule has 2 saturated heterocycles. The topological polar surface area (TPSA) is 49.9 Å². The van der Waals surface area contributed by atoms with Gasteiger partial charge in [-0.3, -0.25) is 9.59 Å². The lowest BCUT2D eigenvalue weighted by Gasteiger charge is -2.42. The molecular formula is C14H24N2O3S. The van der Waals surface area contributed by atoms with Crippen LogP contribution < -0.4 is 0 Å². The number of carbonyl (C=O) groups is 2. The Morgan fingerprint density at radius 3 is 2.35 bits per heavy atom. The van der Waals surface area contributed by atoms with Gasteiger partial charge in [-0.2, -0.15) is 12.6 Å². The van der Waals surface area contributed by atoms with Crippen LogP contribution in [0.5, 0.6) is 0 Å². The van der Waals surface area contributed by atoms with E-state index < -0.39 is 0 Å². The maximum Gasteiger partial charge on any atom is 0.312 e. The molecule has 2 aliphatic heterocycles. The molecular weight excluding hydrogens is 276 g/mol. The number of hydrogen-bond donors (Lipinski definition) is 1. The standard InChI is InChI=1S/C14H24N2O3S/c1-2-5-15-6-7-16(13(18)12(15)17)10-14(11-20)3-8-19-9-4-14/h20H,2-11H2,1H3. The van der Waals surface area contributed by atoms with Crippen LogP contribution >= 0.6 is 12.6 Å². The minimum atomic E-state index is -0.350. The van der Waals surface area contributed by atoms with Gasteiger partial charge in [0.2, 0.25) is 0 Å². The van der Waals surface area contributed by atoms with Crippen molar-refractivity contribution in [3.8, 4) is 0 Å². The normalized spacial score (nSPS) is 23.3. The summed E-state index contributed by atoms with van der Waals surface area (Å²) >= 11 is 4.46. The van der Waals surface area contributed by atoms with E-state index in [0.29, 0.717) is 26.2 Å². The predicted molar refractivity (Wildman–Crippen MR) is 79.8 cm³/mol. The van der Waals surface area contributed by atoms with Crippen LogP contribution in [0.3, 0.4) is 0 Å². The van der Waals surface area contributed by atoms with Crippen molar-refractivity contribution in [1.82, 2.24) is 9.80 Å². The predicted octanol–water partition coefficient (Wildman–Crippen LogP) is 0.794. The van der Waals surface area contributed by atoms with Gasteiger partial charge in [-0.05, 0) is 25.0 Å². The molecule has 2 heterocycles. The van der Waals surface area contributed by atoms with Crippen LogP contribution in [0.2, 0.25) is 0 Å². The van der Waals surface area contributed by atoms with Crippen molar-refractivity contribution in [2.45, 2.75) is 26.2 Å². The summed E-state index contributed by atoms with van der Waals surface area (Å²) in [5.41, 5.74) is 0.00419. The molecule has 2 rings (SSSR count). The molecule has 2 aliphatic rings. The van der Waals surface area contributed by atoms with E-state index in [4.69, 9.17) is 4.74 Å². The van der Waals surface area contributed by atoms with Crippen LogP contribution in [0.4, 0.5) is 0 Å². The van der Waals surface area contributed by atoms with E-state index >= 15 is 0 Å². The third kappa shape index (κ3) is 3.28. The minimum Gasteiger partial charge on any atom is -0.381 e. The molecule has 0 aromatic heterocycles. The molecule has 0 radical (unpaired) electrons. The highest BCUT2D eigenvalue weighted by Crippen LogP contribution is 2.33. The van der Waals surface area contributed by atoms with Gasteiger partial charge in [-0.15, -0.1) is 0 Å². The van der Waals surface area contributed by atoms with Gasteiger partial charge in [-0.25, -0.2) is 0 Å². The van der Waals surface area contributed by atoms with Crippen LogP contribution in [-0.2, 0) is 14.3 Å². The summed E-state index contributed by atoms with van der Waals surface area (Å²) in [6.07, 6.45) is 2.71. The van der Waals surface area contributed by atoms with Crippen LogP contribution in [0.25, 0.3) is 0 Å². The third-order valence-electron chi connectivity index (χ3n) is 4.31. The smallest absolute Gasteiger partial charge is 0.312 e. The van der Waals surface area contributed by atoms with Crippen LogP contribution in [0.15, 0.2) is 0 Å². The first-order valence-corrected chi connectivity index (χ1v) is 8.02. The number of carbonyl (C=O) groups excluding carboxylic acids is 2. The van der Waals surface area contributed by atoms with Gasteiger partial charge in [0, 0.05) is 44.8 Å². The Morgan fingerprint density at radius 1 is 1.15 bits per heavy atom. The number of rotatable bonds is 5. The molecule has 2 amide bonds. The minimum absolute atomic E-state index is 0.00419. The van der Waals surface area contributed by atoms with Crippen molar-refractivity contribution in [3.63, 3.8) is 0 Å². The van der Waals surface area contributed by atoms with Crippen LogP contribution in [0, 0.1) is 5.41 Å². The SMILES string of the molecule is CCCN1CCN(CC2(CS)CCOCC2)C(=O)C1=O. The molecule has 6 heteroatoms. The molecule has 0 N–H and O–H groups in total. The monoisotopic (exact) mass is 300 g/mol. The summed E-state index contributed by atoms with van der Waals surface area (Å²) < 4.78 is 5.40. The quantitative estimate of drug-likeness (QED) is 0.603. The number of nitrogens with zero attached hydrogens (tertiary/aromatic N) is 2. The number of ether oxygens (including phenoxy) is 1. The Labute approximate surface area is 126 Å². The average molecular weight is 300 g/mol. The molecule has 0 bridgehead atoms. The van der Waals surface area contributed by atoms with E-state index in [-0.39, 0.29) is 17.2 Å². The van der Waals surface area contributed by atoms with Crippen LogP contribution in [-0.4, -0.2) is 66.8 Å². The van der Waals surface area contributed by atoms with Gasteiger partial charge < -0.3 is 14.5 Å². The Morgan fingerprint density at radius 2 is 1.75 bits per heavy atom. The number of amides is 2. The van der Waals surface area contributed by atoms with Crippen molar-refractivity contribution in [2.24, 2.45) is 5.41 Å². The second kappa shape index (κ2) is 6.80. The molecule has 0 aromatic rings. The van der Waals surface area contributed by atoms with Crippen molar-refractivity contribution in [1.29, 1.82) is 0 Å². The fourth-order valence-corrected chi connectivity index (χ4v) is 3.34. The highest BCUT2D eigenvalue weighted by Gasteiger charge is 2.39. The highest BCUT2D eigenvalue weighted by molar-refractivity contribution is 7.80. The molecule has 20 heavy (non-hydrogen) atoms. The fraction of sp³-hybridized carbons (Fsp3) is 0.857. The highest BCUT2D eigenvalue weighted by atomic mass is 32.1. The Bertz CT molecular complexity index is 369. The van der Waals surface area contributed by atoms with Crippen molar-refractivity contribution in [2.75, 3.05) is 45.1 Å². The van der Waals surface area contributed by atoms with E-state index in [0.717, 1.165) is 38.2 Å². The van der Waals surface area contributed by atoms with Gasteiger partial charge >= 0.3 is 11.8 Å². The lowest BCUT2D eigenvalue weighted by molar-refractivity contribution is -0.157. The average Bonchev–Trinajstić information content (AvgIpc) is 2.48. The number of hydrogen-bond acceptors (Lipinski definition) is 4. The Hall–Kier alpha value is -0.750. The molecule has 0 unspecified atom stereocenters. The summed E-state index contributed by atoms with van der Waals surface area (Å²) in [5, 5.41) is 0. The molecule has 2 fully saturated rings. The second-order valence-electron chi connectivity index (χ2n) is 5.79. The first-order chi connectivity index (χ1) is 9.62. The van der Waals surface area contributed by atoms with E-state index in [1.807, 2.05) is 6.92 Å². The molecule has 0 aliphatic carbocycles. The van der Waals surface area contributed by atoms with Gasteiger partial charge in [-0.1, -0.05) is 6.92 Å². The Balaban J connectivity index is 1.99. The van der Waals surface area contributed by atoms with E-state index in [1.54, 1.807) is 9.80 Å². The zero-order valence-electron chi connectivity index (χ0n) is 12.1. The molecule has 0 aromatic carbocycles. The van der Waals surface area contributed by atoms with Gasteiger partial charge in [0.25, 0.3) is 0 Å². The van der Waals surface area contributed by atoms with Gasteiger partial charge in [0.05, 0.1) is 0 Å². The lowest BCUT2D eigenvalue weighted by Crippen LogP contribution is -2.57. The maximum absolute atomic E-state index is 12.2. The fourth-order valence-electron chi connectivity index (χ4n) is 2.92. The molecule has 0 atom stereocenters. The molecule has 0 spiro atoms. The van der Waals surface area contributed by atoms with Crippen molar-refractivity contribution < 1.29 is 14.3 Å². The van der Waals surface area contributed by atoms with Crippen LogP contribution in [0.1, 0.15) is 26.2 Å². The number of thiol groups is 1. The Kier molecular flexibility index (Phi) is 5.32. The maximum atomic E-state index is 12.2. The molecule has 114 valence electrons. The van der Waals surface area contributed by atoms with E-state index in [1.165, 1.54) is 0 Å². The zero-order valence-corrected chi connectivity index (χ0v) is 13.0. The first kappa shape index (κ1) is 15.6. The summed E-state index contributed by atoms with van der Waals surface area (Å²) in [6, 6.07) is 0. The largest absolute Gasteiger partial charge is 0.381 e. The molecule has 5 nitrogen and oxygen atoms in total. The summed E-state index contributed by atoms with van der Waals surface area (Å²) in [7, 11) is 0. The van der Waals surface area contributed by atoms with E-state index in [2.05, 4.69) is 12.6 Å². The summed E-state index contributed by atoms with van der Waals surface area (Å²) in [6.45, 7) is 6.05. The summed E-state index contributed by atoms with van der Waals surface area (Å²) in [4.78, 5) is 27.7. The van der Waals surface area contributed by atoms with Crippen molar-refractivity contribution >= 4 is 24.4 Å². The lowest BCUT2D eigenvalue weighted by atomic mass is 9.81. The molecule has 0 saturated carbocycles. The first-order valence-electron chi connectivity index (χ1n) is 7.39. The van der Waals surface area contributed by atoms with Gasteiger partial charge in [0.1, 0.15) is 0 Å². The summed E-state index contributed by atoms with van der Waals surface area (Å²) in [5.74, 6) is 0.0318. The van der Waals surface area contributed by atoms with E-state index in [9.17, 15) is 9.59 Å². The third-order valence-corrected chi connectivity index (χ3v) is 4.98.